The summed E-state index contributed by atoms with van der Waals surface area (Å²) in [6.07, 6.45) is 0. The lowest BCUT2D eigenvalue weighted by Crippen LogP contribution is -2.17. The van der Waals surface area contributed by atoms with Crippen molar-refractivity contribution in [1.29, 1.82) is 5.26 Å². The minimum absolute atomic E-state index is 0.00249. The van der Waals surface area contributed by atoms with E-state index in [-0.39, 0.29) is 12.3 Å². The maximum atomic E-state index is 12.1. The highest BCUT2D eigenvalue weighted by Gasteiger charge is 2.17. The molecule has 0 radical (unpaired) electrons. The van der Waals surface area contributed by atoms with Crippen molar-refractivity contribution in [2.45, 2.75) is 23.7 Å². The van der Waals surface area contributed by atoms with Crippen LogP contribution in [0, 0.1) is 21.4 Å². The quantitative estimate of drug-likeness (QED) is 0.344. The maximum Gasteiger partial charge on any atom is 0.319 e. The third kappa shape index (κ3) is 4.57. The number of esters is 1. The van der Waals surface area contributed by atoms with E-state index < -0.39 is 16.1 Å². The van der Waals surface area contributed by atoms with E-state index >= 15 is 0 Å². The van der Waals surface area contributed by atoms with Gasteiger partial charge in [-0.1, -0.05) is 18.2 Å². The summed E-state index contributed by atoms with van der Waals surface area (Å²) in [6, 6.07) is 15.0. The van der Waals surface area contributed by atoms with Gasteiger partial charge in [0.2, 0.25) is 0 Å². The van der Waals surface area contributed by atoms with Crippen LogP contribution >= 0.6 is 11.8 Å². The highest BCUT2D eigenvalue weighted by Crippen LogP contribution is 2.26. The molecule has 0 aliphatic rings. The zero-order valence-electron chi connectivity index (χ0n) is 12.8. The molecule has 0 aliphatic heterocycles. The molecule has 0 saturated heterocycles. The highest BCUT2D eigenvalue weighted by molar-refractivity contribution is 8.00. The molecule has 1 atom stereocenters. The fraction of sp³-hybridized carbons (Fsp3) is 0.176. The molecule has 2 aromatic rings. The summed E-state index contributed by atoms with van der Waals surface area (Å²) < 4.78 is 5.25. The van der Waals surface area contributed by atoms with Crippen LogP contribution in [-0.2, 0) is 16.1 Å². The Morgan fingerprint density at radius 1 is 1.29 bits per heavy atom. The van der Waals surface area contributed by atoms with Gasteiger partial charge in [-0.25, -0.2) is 0 Å². The van der Waals surface area contributed by atoms with Gasteiger partial charge < -0.3 is 4.74 Å². The van der Waals surface area contributed by atoms with E-state index in [0.717, 1.165) is 4.90 Å². The van der Waals surface area contributed by atoms with Gasteiger partial charge in [0, 0.05) is 22.6 Å². The first-order valence-electron chi connectivity index (χ1n) is 7.07. The zero-order valence-corrected chi connectivity index (χ0v) is 13.7. The molecule has 7 heteroatoms. The van der Waals surface area contributed by atoms with Gasteiger partial charge in [-0.2, -0.15) is 5.26 Å². The topological polar surface area (TPSA) is 93.2 Å². The summed E-state index contributed by atoms with van der Waals surface area (Å²) in [5.74, 6) is -0.411. The first-order chi connectivity index (χ1) is 11.5. The number of nitro groups is 1. The lowest BCUT2D eigenvalue weighted by Gasteiger charge is -2.11. The standard InChI is InChI=1S/C17H14N2O4S/c1-12(24-16-8-6-15(7-9-16)19(21)22)17(20)23-11-14-5-3-2-4-13(14)10-18/h2-9,12H,11H2,1H3/t12-/m1/s1. The van der Waals surface area contributed by atoms with Gasteiger partial charge in [-0.15, -0.1) is 11.8 Å². The van der Waals surface area contributed by atoms with E-state index in [4.69, 9.17) is 10.00 Å². The summed E-state index contributed by atoms with van der Waals surface area (Å²) in [4.78, 5) is 22.9. The molecule has 24 heavy (non-hydrogen) atoms. The highest BCUT2D eigenvalue weighted by atomic mass is 32.2. The number of rotatable bonds is 6. The van der Waals surface area contributed by atoms with Gasteiger partial charge >= 0.3 is 5.97 Å². The molecule has 0 aliphatic carbocycles. The Bertz CT molecular complexity index is 784. The second kappa shape index (κ2) is 8.13. The van der Waals surface area contributed by atoms with E-state index in [2.05, 4.69) is 6.07 Å². The molecular formula is C17H14N2O4S. The third-order valence-corrected chi connectivity index (χ3v) is 4.29. The van der Waals surface area contributed by atoms with E-state index in [1.54, 1.807) is 43.3 Å². The van der Waals surface area contributed by atoms with Crippen molar-refractivity contribution in [2.75, 3.05) is 0 Å². The van der Waals surface area contributed by atoms with Crippen LogP contribution in [0.1, 0.15) is 18.1 Å². The number of carbonyl (C=O) groups excluding carboxylic acids is 1. The number of nitriles is 1. The van der Waals surface area contributed by atoms with Crippen LogP contribution in [0.5, 0.6) is 0 Å². The van der Waals surface area contributed by atoms with Crippen molar-refractivity contribution in [3.8, 4) is 6.07 Å². The second-order valence-corrected chi connectivity index (χ2v) is 6.30. The lowest BCUT2D eigenvalue weighted by molar-refractivity contribution is -0.384. The summed E-state index contributed by atoms with van der Waals surface area (Å²) in [6.45, 7) is 1.73. The first kappa shape index (κ1) is 17.5. The number of nitro benzene ring substituents is 1. The summed E-state index contributed by atoms with van der Waals surface area (Å²) in [5.41, 5.74) is 1.13. The Labute approximate surface area is 143 Å². The molecular weight excluding hydrogens is 328 g/mol. The smallest absolute Gasteiger partial charge is 0.319 e. The van der Waals surface area contributed by atoms with Crippen LogP contribution in [0.15, 0.2) is 53.4 Å². The van der Waals surface area contributed by atoms with Gasteiger partial charge in [0.05, 0.1) is 16.6 Å². The third-order valence-electron chi connectivity index (χ3n) is 3.20. The lowest BCUT2D eigenvalue weighted by atomic mass is 10.1. The largest absolute Gasteiger partial charge is 0.460 e. The average molecular weight is 342 g/mol. The van der Waals surface area contributed by atoms with Crippen molar-refractivity contribution in [3.05, 3.63) is 69.8 Å². The van der Waals surface area contributed by atoms with Crippen LogP contribution in [-0.4, -0.2) is 16.1 Å². The van der Waals surface area contributed by atoms with Gasteiger partial charge in [-0.3, -0.25) is 14.9 Å². The number of hydrogen-bond acceptors (Lipinski definition) is 6. The van der Waals surface area contributed by atoms with E-state index in [1.165, 1.54) is 23.9 Å². The Balaban J connectivity index is 1.92. The Morgan fingerprint density at radius 3 is 2.58 bits per heavy atom. The van der Waals surface area contributed by atoms with Crippen molar-refractivity contribution in [3.63, 3.8) is 0 Å². The average Bonchev–Trinajstić information content (AvgIpc) is 2.60. The molecule has 0 amide bonds. The monoisotopic (exact) mass is 342 g/mol. The number of thioether (sulfide) groups is 1. The summed E-state index contributed by atoms with van der Waals surface area (Å²) in [5, 5.41) is 19.2. The van der Waals surface area contributed by atoms with Crippen LogP contribution in [0.2, 0.25) is 0 Å². The maximum absolute atomic E-state index is 12.1. The number of ether oxygens (including phenoxy) is 1. The van der Waals surface area contributed by atoms with Gasteiger partial charge in [0.25, 0.3) is 5.69 Å². The van der Waals surface area contributed by atoms with Gasteiger partial charge in [-0.05, 0) is 25.1 Å². The minimum Gasteiger partial charge on any atom is -0.460 e. The molecule has 2 aromatic carbocycles. The van der Waals surface area contributed by atoms with Crippen molar-refractivity contribution < 1.29 is 14.5 Å². The summed E-state index contributed by atoms with van der Waals surface area (Å²) >= 11 is 1.26. The van der Waals surface area contributed by atoms with E-state index in [1.807, 2.05) is 0 Å². The molecule has 0 heterocycles. The van der Waals surface area contributed by atoms with Crippen LogP contribution in [0.3, 0.4) is 0 Å². The molecule has 6 nitrogen and oxygen atoms in total. The Hall–Kier alpha value is -2.85. The van der Waals surface area contributed by atoms with Gasteiger partial charge in [0.1, 0.15) is 11.9 Å². The van der Waals surface area contributed by atoms with E-state index in [9.17, 15) is 14.9 Å². The summed E-state index contributed by atoms with van der Waals surface area (Å²) in [7, 11) is 0. The number of hydrogen-bond donors (Lipinski definition) is 0. The minimum atomic E-state index is -0.473. The predicted octanol–water partition coefficient (Wildman–Crippen LogP) is 3.69. The van der Waals surface area contributed by atoms with Crippen LogP contribution < -0.4 is 0 Å². The van der Waals surface area contributed by atoms with Crippen molar-refractivity contribution in [2.24, 2.45) is 0 Å². The number of benzene rings is 2. The molecule has 0 spiro atoms. The van der Waals surface area contributed by atoms with E-state index in [0.29, 0.717) is 11.1 Å². The Kier molecular flexibility index (Phi) is 5.93. The number of carbonyl (C=O) groups is 1. The zero-order chi connectivity index (χ0) is 17.5. The number of nitrogens with zero attached hydrogens (tertiary/aromatic N) is 2. The molecule has 0 aromatic heterocycles. The van der Waals surface area contributed by atoms with Crippen molar-refractivity contribution >= 4 is 23.4 Å². The molecule has 0 N–H and O–H groups in total. The predicted molar refractivity (Wildman–Crippen MR) is 89.4 cm³/mol. The second-order valence-electron chi connectivity index (χ2n) is 4.89. The van der Waals surface area contributed by atoms with Gasteiger partial charge in [0.15, 0.2) is 0 Å². The molecule has 2 rings (SSSR count). The first-order valence-corrected chi connectivity index (χ1v) is 7.95. The van der Waals surface area contributed by atoms with Crippen LogP contribution in [0.25, 0.3) is 0 Å². The fourth-order valence-electron chi connectivity index (χ4n) is 1.92. The molecule has 122 valence electrons. The normalized spacial score (nSPS) is 11.3. The number of non-ortho nitro benzene ring substituents is 1. The van der Waals surface area contributed by atoms with Crippen molar-refractivity contribution in [1.82, 2.24) is 0 Å². The fourth-order valence-corrected chi connectivity index (χ4v) is 2.79. The molecule has 0 fully saturated rings. The molecule has 0 unspecified atom stereocenters. The Morgan fingerprint density at radius 2 is 1.96 bits per heavy atom. The molecule has 0 bridgehead atoms. The SMILES string of the molecule is C[C@@H](Sc1ccc([N+](=O)[O-])cc1)C(=O)OCc1ccccc1C#N. The van der Waals surface area contributed by atoms with Crippen LogP contribution in [0.4, 0.5) is 5.69 Å². The molecule has 0 saturated carbocycles.